The molecule has 40 heavy (non-hydrogen) atoms. The molecule has 0 fully saturated rings. The van der Waals surface area contributed by atoms with Crippen LogP contribution in [0, 0.1) is 5.82 Å². The summed E-state index contributed by atoms with van der Waals surface area (Å²) in [5, 5.41) is 14.1. The van der Waals surface area contributed by atoms with Crippen LogP contribution in [0.5, 0.6) is 0 Å². The largest absolute Gasteiger partial charge is 0.444 e. The van der Waals surface area contributed by atoms with Crippen molar-refractivity contribution in [3.8, 4) is 0 Å². The van der Waals surface area contributed by atoms with Crippen LogP contribution in [-0.4, -0.2) is 43.4 Å². The second kappa shape index (κ2) is 11.6. The summed E-state index contributed by atoms with van der Waals surface area (Å²) in [6, 6.07) is 10.5. The molecule has 0 aliphatic heterocycles. The van der Waals surface area contributed by atoms with Crippen molar-refractivity contribution in [1.82, 2.24) is 25.1 Å². The number of alkyl carbamates (subject to hydrolysis) is 1. The average molecular weight is 549 g/mol. The number of nitrogens with zero attached hydrogens (tertiary/aromatic N) is 4. The summed E-state index contributed by atoms with van der Waals surface area (Å²) in [6.07, 6.45) is 2.69. The van der Waals surface area contributed by atoms with Crippen LogP contribution < -0.4 is 21.7 Å². The molecule has 0 unspecified atom stereocenters. The number of ether oxygens (including phenoxy) is 1. The number of halogens is 1. The number of benzene rings is 1. The number of pyridine rings is 2. The molecule has 2 atom stereocenters. The van der Waals surface area contributed by atoms with Crippen LogP contribution in [0.15, 0.2) is 54.9 Å². The van der Waals surface area contributed by atoms with Gasteiger partial charge in [-0.1, -0.05) is 6.07 Å². The molecule has 4 aromatic rings. The van der Waals surface area contributed by atoms with Gasteiger partial charge >= 0.3 is 6.09 Å². The van der Waals surface area contributed by atoms with E-state index in [1.54, 1.807) is 58.3 Å². The number of nitrogens with one attached hydrogen (secondary N) is 3. The molecule has 0 aliphatic rings. The maximum Gasteiger partial charge on any atom is 0.407 e. The standard InChI is InChI=1S/C28H33FN8O3/c1-6-37-22-11-10-18(13-17(22)15-32-37)34-25-19(24(30)38)14-20(29)26(36-25)35-23(21-9-7-8-12-31-21)16(2)33-27(39)40-28(3,4)5/h7-16,23H,6H2,1-5H3,(H2,30,38)(H,33,39)(H2,34,35,36)/t16-,23-/m0/s1. The smallest absolute Gasteiger partial charge is 0.407 e. The van der Waals surface area contributed by atoms with Crippen molar-refractivity contribution >= 4 is 40.2 Å². The van der Waals surface area contributed by atoms with Gasteiger partial charge in [-0.25, -0.2) is 14.2 Å². The highest BCUT2D eigenvalue weighted by Gasteiger charge is 2.27. The maximum absolute atomic E-state index is 15.3. The third-order valence-corrected chi connectivity index (χ3v) is 5.99. The fourth-order valence-corrected chi connectivity index (χ4v) is 4.17. The van der Waals surface area contributed by atoms with Gasteiger partial charge in [-0.3, -0.25) is 14.5 Å². The lowest BCUT2D eigenvalue weighted by Crippen LogP contribution is -2.43. The first-order chi connectivity index (χ1) is 18.9. The predicted molar refractivity (Wildman–Crippen MR) is 151 cm³/mol. The van der Waals surface area contributed by atoms with E-state index in [0.717, 1.165) is 23.5 Å². The fraction of sp³-hybridized carbons (Fsp3) is 0.321. The quantitative estimate of drug-likeness (QED) is 0.231. The van der Waals surface area contributed by atoms with Gasteiger partial charge in [0.25, 0.3) is 5.91 Å². The summed E-state index contributed by atoms with van der Waals surface area (Å²) < 4.78 is 22.5. The topological polar surface area (TPSA) is 149 Å². The zero-order chi connectivity index (χ0) is 29.0. The van der Waals surface area contributed by atoms with Crippen molar-refractivity contribution in [2.45, 2.75) is 58.8 Å². The molecule has 2 amide bonds. The molecular formula is C28H33FN8O3. The number of anilines is 3. The van der Waals surface area contributed by atoms with Gasteiger partial charge in [0.05, 0.1) is 35.1 Å². The Morgan fingerprint density at radius 2 is 1.93 bits per heavy atom. The number of amides is 2. The van der Waals surface area contributed by atoms with Crippen LogP contribution >= 0.6 is 0 Å². The first-order valence-corrected chi connectivity index (χ1v) is 12.8. The van der Waals surface area contributed by atoms with E-state index in [0.29, 0.717) is 11.4 Å². The van der Waals surface area contributed by atoms with E-state index >= 15 is 4.39 Å². The molecule has 5 N–H and O–H groups in total. The van der Waals surface area contributed by atoms with Crippen LogP contribution in [-0.2, 0) is 11.3 Å². The summed E-state index contributed by atoms with van der Waals surface area (Å²) in [5.41, 5.74) is 6.81. The molecule has 0 aliphatic carbocycles. The Morgan fingerprint density at radius 3 is 2.58 bits per heavy atom. The summed E-state index contributed by atoms with van der Waals surface area (Å²) in [4.78, 5) is 33.4. The minimum absolute atomic E-state index is 0.0613. The first-order valence-electron chi connectivity index (χ1n) is 12.8. The number of hydrogen-bond donors (Lipinski definition) is 4. The van der Waals surface area contributed by atoms with Crippen LogP contribution in [0.1, 0.15) is 56.7 Å². The van der Waals surface area contributed by atoms with Crippen molar-refractivity contribution in [3.05, 3.63) is 71.9 Å². The maximum atomic E-state index is 15.3. The van der Waals surface area contributed by atoms with Crippen LogP contribution in [0.4, 0.5) is 26.5 Å². The number of carbonyl (C=O) groups is 2. The number of rotatable bonds is 9. The zero-order valence-corrected chi connectivity index (χ0v) is 23.0. The lowest BCUT2D eigenvalue weighted by Gasteiger charge is -2.28. The number of hydrogen-bond acceptors (Lipinski definition) is 8. The molecule has 3 heterocycles. The third kappa shape index (κ3) is 6.63. The van der Waals surface area contributed by atoms with E-state index in [-0.39, 0.29) is 17.2 Å². The monoisotopic (exact) mass is 548 g/mol. The number of carbonyl (C=O) groups excluding carboxylic acids is 2. The first kappa shape index (κ1) is 28.3. The van der Waals surface area contributed by atoms with Gasteiger partial charge in [-0.15, -0.1) is 0 Å². The molecule has 0 bridgehead atoms. The highest BCUT2D eigenvalue weighted by atomic mass is 19.1. The van der Waals surface area contributed by atoms with Crippen LogP contribution in [0.25, 0.3) is 10.9 Å². The Hall–Kier alpha value is -4.74. The normalized spacial score (nSPS) is 12.9. The molecule has 12 heteroatoms. The average Bonchev–Trinajstić information content (AvgIpc) is 3.30. The van der Waals surface area contributed by atoms with E-state index < -0.39 is 35.5 Å². The van der Waals surface area contributed by atoms with Crippen LogP contribution in [0.3, 0.4) is 0 Å². The molecule has 0 saturated carbocycles. The number of aromatic nitrogens is 4. The Labute approximate surface area is 231 Å². The van der Waals surface area contributed by atoms with E-state index in [2.05, 4.69) is 31.0 Å². The second-order valence-electron chi connectivity index (χ2n) is 10.2. The number of aryl methyl sites for hydroxylation is 1. The molecule has 11 nitrogen and oxygen atoms in total. The van der Waals surface area contributed by atoms with Gasteiger partial charge in [-0.05, 0) is 71.0 Å². The minimum Gasteiger partial charge on any atom is -0.444 e. The van der Waals surface area contributed by atoms with Gasteiger partial charge in [0.2, 0.25) is 0 Å². The molecular weight excluding hydrogens is 515 g/mol. The molecule has 4 rings (SSSR count). The Bertz CT molecular complexity index is 1520. The highest BCUT2D eigenvalue weighted by Crippen LogP contribution is 2.29. The molecule has 0 spiro atoms. The molecule has 3 aromatic heterocycles. The van der Waals surface area contributed by atoms with E-state index in [1.807, 2.05) is 29.8 Å². The summed E-state index contributed by atoms with van der Waals surface area (Å²) in [7, 11) is 0. The van der Waals surface area contributed by atoms with E-state index in [4.69, 9.17) is 10.5 Å². The summed E-state index contributed by atoms with van der Waals surface area (Å²) >= 11 is 0. The molecule has 210 valence electrons. The Balaban J connectivity index is 1.67. The Morgan fingerprint density at radius 1 is 1.15 bits per heavy atom. The molecule has 0 radical (unpaired) electrons. The van der Waals surface area contributed by atoms with Gasteiger partial charge in [-0.2, -0.15) is 5.10 Å². The summed E-state index contributed by atoms with van der Waals surface area (Å²) in [6.45, 7) is 9.72. The van der Waals surface area contributed by atoms with Gasteiger partial charge in [0.1, 0.15) is 11.4 Å². The third-order valence-electron chi connectivity index (χ3n) is 5.99. The lowest BCUT2D eigenvalue weighted by molar-refractivity contribution is 0.0503. The van der Waals surface area contributed by atoms with Gasteiger partial charge in [0.15, 0.2) is 11.6 Å². The van der Waals surface area contributed by atoms with Crippen molar-refractivity contribution in [1.29, 1.82) is 0 Å². The summed E-state index contributed by atoms with van der Waals surface area (Å²) in [5.74, 6) is -1.75. The predicted octanol–water partition coefficient (Wildman–Crippen LogP) is 4.89. The van der Waals surface area contributed by atoms with Crippen molar-refractivity contribution in [3.63, 3.8) is 0 Å². The van der Waals surface area contributed by atoms with E-state index in [1.165, 1.54) is 0 Å². The van der Waals surface area contributed by atoms with E-state index in [9.17, 15) is 9.59 Å². The van der Waals surface area contributed by atoms with Crippen molar-refractivity contribution < 1.29 is 18.7 Å². The van der Waals surface area contributed by atoms with Gasteiger partial charge < -0.3 is 26.4 Å². The number of nitrogens with two attached hydrogens (primary N) is 1. The highest BCUT2D eigenvalue weighted by molar-refractivity contribution is 5.99. The fourth-order valence-electron chi connectivity index (χ4n) is 4.17. The molecule has 0 saturated heterocycles. The Kier molecular flexibility index (Phi) is 8.17. The minimum atomic E-state index is -0.846. The van der Waals surface area contributed by atoms with Crippen molar-refractivity contribution in [2.24, 2.45) is 5.73 Å². The SMILES string of the molecule is CCn1ncc2cc(Nc3nc(N[C@H](c4ccccn4)[C@H](C)NC(=O)OC(C)(C)C)c(F)cc3C(N)=O)ccc21. The molecule has 1 aromatic carbocycles. The second-order valence-corrected chi connectivity index (χ2v) is 10.2. The zero-order valence-electron chi connectivity index (χ0n) is 23.0. The number of fused-ring (bicyclic) bond motifs is 1. The van der Waals surface area contributed by atoms with Crippen molar-refractivity contribution in [2.75, 3.05) is 10.6 Å². The van der Waals surface area contributed by atoms with Crippen LogP contribution in [0.2, 0.25) is 0 Å². The van der Waals surface area contributed by atoms with Gasteiger partial charge in [0, 0.05) is 23.8 Å². The number of primary amides is 1. The lowest BCUT2D eigenvalue weighted by atomic mass is 10.1.